The van der Waals surface area contributed by atoms with Crippen LogP contribution in [-0.4, -0.2) is 54.5 Å². The summed E-state index contributed by atoms with van der Waals surface area (Å²) < 4.78 is 0. The van der Waals surface area contributed by atoms with E-state index in [4.69, 9.17) is 0 Å². The number of hydrogen-bond acceptors (Lipinski definition) is 2. The summed E-state index contributed by atoms with van der Waals surface area (Å²) in [5, 5.41) is 2.94. The Kier molecular flexibility index (Phi) is 5.20. The molecular formula is C14H27N3O2. The number of amides is 3. The van der Waals surface area contributed by atoms with Gasteiger partial charge >= 0.3 is 6.03 Å². The molecule has 1 saturated heterocycles. The van der Waals surface area contributed by atoms with E-state index < -0.39 is 0 Å². The summed E-state index contributed by atoms with van der Waals surface area (Å²) >= 11 is 0. The van der Waals surface area contributed by atoms with Crippen LogP contribution in [0, 0.1) is 11.3 Å². The van der Waals surface area contributed by atoms with Crippen molar-refractivity contribution >= 4 is 11.9 Å². The first-order valence-corrected chi connectivity index (χ1v) is 7.02. The van der Waals surface area contributed by atoms with Crippen molar-refractivity contribution in [1.82, 2.24) is 15.1 Å². The van der Waals surface area contributed by atoms with Gasteiger partial charge in [-0.05, 0) is 5.41 Å². The normalized spacial score (nSPS) is 16.7. The van der Waals surface area contributed by atoms with E-state index in [2.05, 4.69) is 26.1 Å². The molecule has 0 bridgehead atoms. The Bertz CT molecular complexity index is 326. The highest BCUT2D eigenvalue weighted by atomic mass is 16.2. The molecule has 0 atom stereocenters. The summed E-state index contributed by atoms with van der Waals surface area (Å²) in [4.78, 5) is 27.4. The van der Waals surface area contributed by atoms with Crippen molar-refractivity contribution in [1.29, 1.82) is 0 Å². The van der Waals surface area contributed by atoms with Crippen LogP contribution in [-0.2, 0) is 4.79 Å². The number of nitrogens with one attached hydrogen (secondary N) is 1. The molecule has 0 saturated carbocycles. The molecule has 0 aromatic heterocycles. The number of carbonyl (C=O) groups excluding carboxylic acids is 2. The molecule has 0 radical (unpaired) electrons. The molecule has 0 unspecified atom stereocenters. The van der Waals surface area contributed by atoms with E-state index in [0.29, 0.717) is 32.7 Å². The highest BCUT2D eigenvalue weighted by molar-refractivity contribution is 5.79. The largest absolute Gasteiger partial charge is 0.339 e. The lowest BCUT2D eigenvalue weighted by Crippen LogP contribution is -2.54. The maximum atomic E-state index is 12.0. The molecule has 5 nitrogen and oxygen atoms in total. The van der Waals surface area contributed by atoms with Crippen molar-refractivity contribution < 1.29 is 9.59 Å². The van der Waals surface area contributed by atoms with E-state index in [1.807, 2.05) is 18.7 Å². The quantitative estimate of drug-likeness (QED) is 0.827. The number of urea groups is 1. The van der Waals surface area contributed by atoms with Gasteiger partial charge in [0, 0.05) is 38.6 Å². The van der Waals surface area contributed by atoms with Crippen LogP contribution >= 0.6 is 0 Å². The van der Waals surface area contributed by atoms with Gasteiger partial charge in [-0.25, -0.2) is 4.79 Å². The SMILES string of the molecule is CC(C)C(=O)N1CCN(C(=O)NCC(C)(C)C)CC1. The van der Waals surface area contributed by atoms with Crippen LogP contribution in [0.5, 0.6) is 0 Å². The fraction of sp³-hybridized carbons (Fsp3) is 0.857. The van der Waals surface area contributed by atoms with Crippen LogP contribution in [0.3, 0.4) is 0 Å². The first-order chi connectivity index (χ1) is 8.70. The van der Waals surface area contributed by atoms with Gasteiger partial charge in [-0.1, -0.05) is 34.6 Å². The molecule has 3 amide bonds. The Morgan fingerprint density at radius 3 is 1.95 bits per heavy atom. The summed E-state index contributed by atoms with van der Waals surface area (Å²) in [5.41, 5.74) is 0.0884. The zero-order valence-corrected chi connectivity index (χ0v) is 12.8. The first-order valence-electron chi connectivity index (χ1n) is 7.02. The molecule has 0 aromatic rings. The molecule has 1 aliphatic rings. The molecule has 0 aliphatic carbocycles. The van der Waals surface area contributed by atoms with Gasteiger partial charge in [0.2, 0.25) is 5.91 Å². The molecule has 0 aromatic carbocycles. The molecule has 1 aliphatic heterocycles. The number of hydrogen-bond donors (Lipinski definition) is 1. The molecule has 1 N–H and O–H groups in total. The maximum Gasteiger partial charge on any atom is 0.317 e. The van der Waals surface area contributed by atoms with Crippen LogP contribution in [0.4, 0.5) is 4.79 Å². The Balaban J connectivity index is 2.37. The van der Waals surface area contributed by atoms with Crippen molar-refractivity contribution in [3.8, 4) is 0 Å². The van der Waals surface area contributed by atoms with Crippen LogP contribution in [0.2, 0.25) is 0 Å². The van der Waals surface area contributed by atoms with E-state index in [1.54, 1.807) is 4.90 Å². The minimum atomic E-state index is -0.0217. The van der Waals surface area contributed by atoms with Crippen LogP contribution in [0.25, 0.3) is 0 Å². The monoisotopic (exact) mass is 269 g/mol. The van der Waals surface area contributed by atoms with Crippen LogP contribution < -0.4 is 5.32 Å². The summed E-state index contributed by atoms with van der Waals surface area (Å²) in [7, 11) is 0. The molecule has 1 fully saturated rings. The Hall–Kier alpha value is -1.26. The average molecular weight is 269 g/mol. The van der Waals surface area contributed by atoms with Crippen molar-refractivity contribution in [2.75, 3.05) is 32.7 Å². The van der Waals surface area contributed by atoms with E-state index in [-0.39, 0.29) is 23.3 Å². The third-order valence-electron chi connectivity index (χ3n) is 3.14. The topological polar surface area (TPSA) is 52.7 Å². The zero-order chi connectivity index (χ0) is 14.6. The van der Waals surface area contributed by atoms with E-state index in [1.165, 1.54) is 0 Å². The van der Waals surface area contributed by atoms with Gasteiger partial charge in [-0.15, -0.1) is 0 Å². The van der Waals surface area contributed by atoms with Gasteiger partial charge in [0.1, 0.15) is 0 Å². The predicted octanol–water partition coefficient (Wildman–Crippen LogP) is 1.54. The number of carbonyl (C=O) groups is 2. The van der Waals surface area contributed by atoms with Gasteiger partial charge in [0.15, 0.2) is 0 Å². The highest BCUT2D eigenvalue weighted by Gasteiger charge is 2.25. The molecule has 19 heavy (non-hydrogen) atoms. The van der Waals surface area contributed by atoms with Gasteiger partial charge in [-0.3, -0.25) is 4.79 Å². The molecule has 0 spiro atoms. The van der Waals surface area contributed by atoms with E-state index >= 15 is 0 Å². The Morgan fingerprint density at radius 1 is 1.05 bits per heavy atom. The second-order valence-corrected chi connectivity index (χ2v) is 6.69. The van der Waals surface area contributed by atoms with Crippen LogP contribution in [0.1, 0.15) is 34.6 Å². The summed E-state index contributed by atoms with van der Waals surface area (Å²) in [5.74, 6) is 0.205. The zero-order valence-electron chi connectivity index (χ0n) is 12.8. The molecular weight excluding hydrogens is 242 g/mol. The standard InChI is InChI=1S/C14H27N3O2/c1-11(2)12(18)16-6-8-17(9-7-16)13(19)15-10-14(3,4)5/h11H,6-10H2,1-5H3,(H,15,19). The Labute approximate surface area is 116 Å². The van der Waals surface area contributed by atoms with E-state index in [9.17, 15) is 9.59 Å². The third-order valence-corrected chi connectivity index (χ3v) is 3.14. The number of nitrogens with zero attached hydrogens (tertiary/aromatic N) is 2. The van der Waals surface area contributed by atoms with Crippen LogP contribution in [0.15, 0.2) is 0 Å². The predicted molar refractivity (Wildman–Crippen MR) is 75.8 cm³/mol. The minimum absolute atomic E-state index is 0.0217. The van der Waals surface area contributed by atoms with E-state index in [0.717, 1.165) is 0 Å². The van der Waals surface area contributed by atoms with Crippen molar-refractivity contribution in [3.05, 3.63) is 0 Å². The van der Waals surface area contributed by atoms with Crippen molar-refractivity contribution in [3.63, 3.8) is 0 Å². The molecule has 1 heterocycles. The van der Waals surface area contributed by atoms with Crippen molar-refractivity contribution in [2.45, 2.75) is 34.6 Å². The number of rotatable bonds is 2. The molecule has 110 valence electrons. The summed E-state index contributed by atoms with van der Waals surface area (Å²) in [6.45, 7) is 13.3. The van der Waals surface area contributed by atoms with Gasteiger partial charge in [0.05, 0.1) is 0 Å². The summed E-state index contributed by atoms with van der Waals surface area (Å²) in [6.07, 6.45) is 0. The fourth-order valence-electron chi connectivity index (χ4n) is 1.95. The van der Waals surface area contributed by atoms with Gasteiger partial charge in [0.25, 0.3) is 0 Å². The summed E-state index contributed by atoms with van der Waals surface area (Å²) in [6, 6.07) is -0.0217. The lowest BCUT2D eigenvalue weighted by molar-refractivity contribution is -0.135. The number of piperazine rings is 1. The molecule has 1 rings (SSSR count). The molecule has 5 heteroatoms. The smallest absolute Gasteiger partial charge is 0.317 e. The third kappa shape index (κ3) is 5.09. The lowest BCUT2D eigenvalue weighted by atomic mass is 9.97. The average Bonchev–Trinajstić information content (AvgIpc) is 2.34. The lowest BCUT2D eigenvalue weighted by Gasteiger charge is -2.36. The fourth-order valence-corrected chi connectivity index (χ4v) is 1.95. The van der Waals surface area contributed by atoms with Gasteiger partial charge in [-0.2, -0.15) is 0 Å². The van der Waals surface area contributed by atoms with Crippen molar-refractivity contribution in [2.24, 2.45) is 11.3 Å². The second-order valence-electron chi connectivity index (χ2n) is 6.69. The minimum Gasteiger partial charge on any atom is -0.339 e. The Morgan fingerprint density at radius 2 is 1.53 bits per heavy atom. The maximum absolute atomic E-state index is 12.0. The highest BCUT2D eigenvalue weighted by Crippen LogP contribution is 2.11. The second kappa shape index (κ2) is 6.26. The first kappa shape index (κ1) is 15.8. The van der Waals surface area contributed by atoms with Gasteiger partial charge < -0.3 is 15.1 Å².